The predicted octanol–water partition coefficient (Wildman–Crippen LogP) is 3.99. The number of halogens is 3. The number of alkyl halides is 2. The van der Waals surface area contributed by atoms with Gasteiger partial charge in [-0.2, -0.15) is 10.4 Å². The van der Waals surface area contributed by atoms with E-state index < -0.39 is 23.2 Å². The van der Waals surface area contributed by atoms with Gasteiger partial charge in [0, 0.05) is 56.7 Å². The molecule has 0 aliphatic carbocycles. The number of anilines is 1. The number of benzene rings is 2. The lowest BCUT2D eigenvalue weighted by molar-refractivity contribution is 0.0176. The van der Waals surface area contributed by atoms with Crippen LogP contribution in [0, 0.1) is 17.1 Å². The van der Waals surface area contributed by atoms with Gasteiger partial charge in [-0.3, -0.25) is 9.59 Å². The number of nitrogens with one attached hydrogen (secondary N) is 1. The molecule has 8 nitrogen and oxygen atoms in total. The molecule has 1 fully saturated rings. The lowest BCUT2D eigenvalue weighted by atomic mass is 9.99. The summed E-state index contributed by atoms with van der Waals surface area (Å²) in [6.07, 6.45) is 1.58. The van der Waals surface area contributed by atoms with E-state index in [9.17, 15) is 22.8 Å². The van der Waals surface area contributed by atoms with Crippen LogP contribution >= 0.6 is 0 Å². The Morgan fingerprint density at radius 2 is 1.85 bits per heavy atom. The van der Waals surface area contributed by atoms with Gasteiger partial charge in [-0.25, -0.2) is 23.3 Å². The average molecular weight is 533 g/mol. The number of pyridine rings is 1. The Bertz CT molecular complexity index is 1650. The summed E-state index contributed by atoms with van der Waals surface area (Å²) in [7, 11) is 0. The monoisotopic (exact) mass is 532 g/mol. The van der Waals surface area contributed by atoms with Crippen molar-refractivity contribution in [3.8, 4) is 6.07 Å². The smallest absolute Gasteiger partial charge is 0.272 e. The van der Waals surface area contributed by atoms with Gasteiger partial charge in [0.25, 0.3) is 17.4 Å². The quantitative estimate of drug-likeness (QED) is 0.417. The lowest BCUT2D eigenvalue weighted by Crippen LogP contribution is -2.49. The number of hydrogen-bond donors (Lipinski definition) is 1. The second-order valence-corrected chi connectivity index (χ2v) is 9.44. The highest BCUT2D eigenvalue weighted by atomic mass is 19.3. The highest BCUT2D eigenvalue weighted by molar-refractivity contribution is 5.95. The number of hydrogen-bond acceptors (Lipinski definition) is 6. The molecule has 1 aliphatic heterocycles. The zero-order valence-electron chi connectivity index (χ0n) is 20.9. The van der Waals surface area contributed by atoms with Crippen LogP contribution in [0.15, 0.2) is 59.5 Å². The van der Waals surface area contributed by atoms with Crippen molar-refractivity contribution in [2.75, 3.05) is 31.1 Å². The topological polar surface area (TPSA) is 106 Å². The van der Waals surface area contributed by atoms with Gasteiger partial charge in [-0.1, -0.05) is 12.1 Å². The van der Waals surface area contributed by atoms with E-state index in [1.54, 1.807) is 17.0 Å². The van der Waals surface area contributed by atoms with Crippen LogP contribution in [0.25, 0.3) is 10.8 Å². The van der Waals surface area contributed by atoms with Crippen molar-refractivity contribution in [3.63, 3.8) is 0 Å². The number of piperazine rings is 1. The van der Waals surface area contributed by atoms with Crippen molar-refractivity contribution < 1.29 is 18.0 Å². The van der Waals surface area contributed by atoms with Gasteiger partial charge in [0.05, 0.1) is 22.2 Å². The molecular formula is C28H23F3N6O2. The molecule has 2 aromatic carbocycles. The molecule has 0 bridgehead atoms. The molecular weight excluding hydrogens is 509 g/mol. The number of aromatic amines is 1. The van der Waals surface area contributed by atoms with E-state index in [0.29, 0.717) is 48.8 Å². The average Bonchev–Trinajstić information content (AvgIpc) is 2.94. The van der Waals surface area contributed by atoms with E-state index in [0.717, 1.165) is 6.92 Å². The summed E-state index contributed by atoms with van der Waals surface area (Å²) in [5.74, 6) is -3.55. The van der Waals surface area contributed by atoms with Gasteiger partial charge in [0.1, 0.15) is 17.7 Å². The van der Waals surface area contributed by atoms with Crippen LogP contribution in [-0.4, -0.2) is 52.2 Å². The number of carbonyl (C=O) groups is 1. The Kier molecular flexibility index (Phi) is 6.78. The first-order valence-corrected chi connectivity index (χ1v) is 12.2. The normalized spacial score (nSPS) is 13.9. The molecule has 1 amide bonds. The first kappa shape index (κ1) is 25.9. The molecule has 0 unspecified atom stereocenters. The summed E-state index contributed by atoms with van der Waals surface area (Å²) in [5, 5.41) is 15.9. The summed E-state index contributed by atoms with van der Waals surface area (Å²) < 4.78 is 42.7. The minimum absolute atomic E-state index is 0.0880. The molecule has 3 heterocycles. The largest absolute Gasteiger partial charge is 0.353 e. The minimum Gasteiger partial charge on any atom is -0.353 e. The second kappa shape index (κ2) is 10.2. The van der Waals surface area contributed by atoms with Crippen LogP contribution in [0.4, 0.5) is 19.0 Å². The van der Waals surface area contributed by atoms with Crippen molar-refractivity contribution in [1.29, 1.82) is 5.26 Å². The van der Waals surface area contributed by atoms with Gasteiger partial charge in [0.2, 0.25) is 0 Å². The standard InChI is InChI=1S/C28H23F3N6O2/c1-28(30,31)19-4-5-20-21(14-19)24(34-35-26(20)38)13-17-2-6-23(29)22(12-17)27(39)37-10-8-36(9-11-37)25-7-3-18(15-32)16-33-25/h2-7,12,14,16H,8-11,13H2,1H3,(H,35,38). The Hall–Kier alpha value is -4.72. The first-order valence-electron chi connectivity index (χ1n) is 12.2. The Balaban J connectivity index is 1.36. The van der Waals surface area contributed by atoms with E-state index in [2.05, 4.69) is 15.2 Å². The van der Waals surface area contributed by atoms with Crippen molar-refractivity contribution in [3.05, 3.63) is 98.8 Å². The summed E-state index contributed by atoms with van der Waals surface area (Å²) >= 11 is 0. The predicted molar refractivity (Wildman–Crippen MR) is 138 cm³/mol. The number of amides is 1. The zero-order valence-corrected chi connectivity index (χ0v) is 20.9. The highest BCUT2D eigenvalue weighted by Gasteiger charge is 2.27. The number of carbonyl (C=O) groups excluding carboxylic acids is 1. The minimum atomic E-state index is -3.11. The number of aromatic nitrogens is 3. The molecule has 0 atom stereocenters. The zero-order chi connectivity index (χ0) is 27.7. The SMILES string of the molecule is CC(F)(F)c1ccc2c(=O)[nH]nc(Cc3ccc(F)c(C(=O)N4CCN(c5ccc(C#N)cn5)CC4)c3)c2c1. The van der Waals surface area contributed by atoms with Crippen LogP contribution in [0.5, 0.6) is 0 Å². The Labute approximate surface area is 221 Å². The van der Waals surface area contributed by atoms with E-state index in [-0.39, 0.29) is 28.3 Å². The molecule has 0 saturated carbocycles. The van der Waals surface area contributed by atoms with Crippen molar-refractivity contribution >= 4 is 22.5 Å². The fraction of sp³-hybridized carbons (Fsp3) is 0.250. The number of nitrogens with zero attached hydrogens (tertiary/aromatic N) is 5. The molecule has 1 aliphatic rings. The Morgan fingerprint density at radius 3 is 2.51 bits per heavy atom. The third-order valence-corrected chi connectivity index (χ3v) is 6.77. The molecule has 4 aromatic rings. The Morgan fingerprint density at radius 1 is 1.08 bits per heavy atom. The van der Waals surface area contributed by atoms with Crippen molar-refractivity contribution in [2.24, 2.45) is 0 Å². The molecule has 1 N–H and O–H groups in total. The maximum atomic E-state index is 14.8. The van der Waals surface area contributed by atoms with Crippen molar-refractivity contribution in [1.82, 2.24) is 20.1 Å². The van der Waals surface area contributed by atoms with Crippen LogP contribution in [0.2, 0.25) is 0 Å². The fourth-order valence-electron chi connectivity index (χ4n) is 4.62. The van der Waals surface area contributed by atoms with E-state index in [1.165, 1.54) is 42.6 Å². The van der Waals surface area contributed by atoms with Crippen LogP contribution < -0.4 is 10.5 Å². The molecule has 0 spiro atoms. The van der Waals surface area contributed by atoms with Gasteiger partial charge in [-0.15, -0.1) is 0 Å². The third-order valence-electron chi connectivity index (χ3n) is 6.77. The van der Waals surface area contributed by atoms with E-state index in [4.69, 9.17) is 5.26 Å². The number of H-pyrrole nitrogens is 1. The van der Waals surface area contributed by atoms with E-state index in [1.807, 2.05) is 11.0 Å². The number of rotatable bonds is 5. The molecule has 5 rings (SSSR count). The summed E-state index contributed by atoms with van der Waals surface area (Å²) in [5.41, 5.74) is 0.446. The van der Waals surface area contributed by atoms with E-state index >= 15 is 0 Å². The van der Waals surface area contributed by atoms with Crippen LogP contribution in [-0.2, 0) is 12.3 Å². The fourth-order valence-corrected chi connectivity index (χ4v) is 4.62. The van der Waals surface area contributed by atoms with Gasteiger partial charge in [0.15, 0.2) is 0 Å². The molecule has 2 aromatic heterocycles. The lowest BCUT2D eigenvalue weighted by Gasteiger charge is -2.35. The maximum absolute atomic E-state index is 14.8. The van der Waals surface area contributed by atoms with Gasteiger partial charge >= 0.3 is 0 Å². The summed E-state index contributed by atoms with van der Waals surface area (Å²) in [6, 6.07) is 13.3. The third kappa shape index (κ3) is 5.31. The number of nitriles is 1. The highest BCUT2D eigenvalue weighted by Crippen LogP contribution is 2.30. The summed E-state index contributed by atoms with van der Waals surface area (Å²) in [6.45, 7) is 2.45. The number of fused-ring (bicyclic) bond motifs is 1. The summed E-state index contributed by atoms with van der Waals surface area (Å²) in [4.78, 5) is 33.3. The molecule has 0 radical (unpaired) electrons. The van der Waals surface area contributed by atoms with Crippen molar-refractivity contribution in [2.45, 2.75) is 19.3 Å². The first-order chi connectivity index (χ1) is 18.6. The van der Waals surface area contributed by atoms with Crippen LogP contribution in [0.3, 0.4) is 0 Å². The molecule has 11 heteroatoms. The van der Waals surface area contributed by atoms with Gasteiger partial charge in [-0.05, 0) is 42.0 Å². The second-order valence-electron chi connectivity index (χ2n) is 9.44. The molecule has 198 valence electrons. The maximum Gasteiger partial charge on any atom is 0.272 e. The molecule has 39 heavy (non-hydrogen) atoms. The van der Waals surface area contributed by atoms with Crippen LogP contribution in [0.1, 0.15) is 39.7 Å². The van der Waals surface area contributed by atoms with Gasteiger partial charge < -0.3 is 9.80 Å². The molecule has 1 saturated heterocycles.